The Bertz CT molecular complexity index is 778. The highest BCUT2D eigenvalue weighted by Gasteiger charge is 2.21. The van der Waals surface area contributed by atoms with Crippen LogP contribution < -0.4 is 10.9 Å². The van der Waals surface area contributed by atoms with Crippen molar-refractivity contribution in [2.24, 2.45) is 7.05 Å². The van der Waals surface area contributed by atoms with Gasteiger partial charge >= 0.3 is 0 Å². The van der Waals surface area contributed by atoms with Gasteiger partial charge in [0.15, 0.2) is 11.6 Å². The lowest BCUT2D eigenvalue weighted by atomic mass is 10.2. The second-order valence-electron chi connectivity index (χ2n) is 4.95. The van der Waals surface area contributed by atoms with Gasteiger partial charge in [-0.25, -0.2) is 13.5 Å². The summed E-state index contributed by atoms with van der Waals surface area (Å²) in [6.45, 7) is 3.88. The molecule has 118 valence electrons. The Kier molecular flexibility index (Phi) is 4.44. The monoisotopic (exact) mass is 309 g/mol. The van der Waals surface area contributed by atoms with Gasteiger partial charge < -0.3 is 5.32 Å². The molecular formula is C15H17F2N3O2. The minimum absolute atomic E-state index is 0.0484. The van der Waals surface area contributed by atoms with E-state index in [-0.39, 0.29) is 12.1 Å². The van der Waals surface area contributed by atoms with E-state index in [9.17, 15) is 18.4 Å². The minimum atomic E-state index is -0.972. The minimum Gasteiger partial charge on any atom is -0.352 e. The molecule has 1 heterocycles. The Hall–Kier alpha value is -2.44. The summed E-state index contributed by atoms with van der Waals surface area (Å²) in [5.41, 5.74) is 0.546. The number of benzene rings is 1. The molecule has 0 spiro atoms. The van der Waals surface area contributed by atoms with Gasteiger partial charge in [-0.2, -0.15) is 0 Å². The highest BCUT2D eigenvalue weighted by atomic mass is 19.2. The predicted molar refractivity (Wildman–Crippen MR) is 77.9 cm³/mol. The molecule has 1 amide bonds. The Morgan fingerprint density at radius 2 is 1.95 bits per heavy atom. The fourth-order valence-electron chi connectivity index (χ4n) is 2.26. The van der Waals surface area contributed by atoms with E-state index in [4.69, 9.17) is 0 Å². The number of amides is 1. The van der Waals surface area contributed by atoms with Crippen LogP contribution in [0.25, 0.3) is 0 Å². The van der Waals surface area contributed by atoms with Crippen molar-refractivity contribution in [2.45, 2.75) is 20.4 Å². The highest BCUT2D eigenvalue weighted by molar-refractivity contribution is 5.94. The summed E-state index contributed by atoms with van der Waals surface area (Å²) in [6.07, 6.45) is 0. The number of nitrogens with one attached hydrogen (secondary N) is 1. The van der Waals surface area contributed by atoms with Gasteiger partial charge in [0.2, 0.25) is 0 Å². The van der Waals surface area contributed by atoms with Crippen LogP contribution in [0.1, 0.15) is 28.5 Å². The van der Waals surface area contributed by atoms with Gasteiger partial charge in [0.05, 0.1) is 6.54 Å². The van der Waals surface area contributed by atoms with E-state index in [1.165, 1.54) is 15.4 Å². The molecular weight excluding hydrogens is 292 g/mol. The van der Waals surface area contributed by atoms with Gasteiger partial charge in [0.25, 0.3) is 11.5 Å². The Morgan fingerprint density at radius 1 is 1.27 bits per heavy atom. The van der Waals surface area contributed by atoms with Gasteiger partial charge in [-0.3, -0.25) is 14.3 Å². The number of rotatable bonds is 4. The molecule has 7 heteroatoms. The molecule has 22 heavy (non-hydrogen) atoms. The predicted octanol–water partition coefficient (Wildman–Crippen LogP) is 1.57. The van der Waals surface area contributed by atoms with Crippen LogP contribution in [0.4, 0.5) is 8.78 Å². The van der Waals surface area contributed by atoms with Crippen LogP contribution in [0, 0.1) is 18.6 Å². The Balaban J connectivity index is 2.44. The lowest BCUT2D eigenvalue weighted by Gasteiger charge is -2.08. The molecule has 5 nitrogen and oxygen atoms in total. The molecule has 1 N–H and O–H groups in total. The van der Waals surface area contributed by atoms with E-state index < -0.39 is 23.1 Å². The second kappa shape index (κ2) is 6.13. The van der Waals surface area contributed by atoms with E-state index in [2.05, 4.69) is 5.32 Å². The smallest absolute Gasteiger partial charge is 0.280 e. The lowest BCUT2D eigenvalue weighted by Crippen LogP contribution is -2.30. The quantitative estimate of drug-likeness (QED) is 0.932. The normalized spacial score (nSPS) is 10.8. The van der Waals surface area contributed by atoms with E-state index in [0.29, 0.717) is 17.8 Å². The first-order valence-corrected chi connectivity index (χ1v) is 6.85. The summed E-state index contributed by atoms with van der Waals surface area (Å²) in [6, 6.07) is 3.45. The number of halogens is 2. The number of carbonyl (C=O) groups excluding carboxylic acids is 1. The first kappa shape index (κ1) is 15.9. The molecule has 1 aromatic heterocycles. The third kappa shape index (κ3) is 2.79. The van der Waals surface area contributed by atoms with E-state index in [1.807, 2.05) is 0 Å². The maximum atomic E-state index is 13.3. The van der Waals surface area contributed by atoms with Crippen LogP contribution in [0.3, 0.4) is 0 Å². The molecule has 1 aromatic carbocycles. The van der Waals surface area contributed by atoms with Crippen LogP contribution in [0.15, 0.2) is 23.0 Å². The molecule has 0 fully saturated rings. The molecule has 0 bridgehead atoms. The van der Waals surface area contributed by atoms with Gasteiger partial charge in [-0.05, 0) is 31.5 Å². The van der Waals surface area contributed by atoms with Crippen LogP contribution in [0.2, 0.25) is 0 Å². The second-order valence-corrected chi connectivity index (χ2v) is 4.95. The van der Waals surface area contributed by atoms with Crippen molar-refractivity contribution in [3.05, 3.63) is 57.0 Å². The van der Waals surface area contributed by atoms with E-state index >= 15 is 0 Å². The zero-order valence-electron chi connectivity index (χ0n) is 12.6. The molecule has 0 aliphatic rings. The number of nitrogens with zero attached hydrogens (tertiary/aromatic N) is 2. The molecule has 0 aliphatic heterocycles. The van der Waals surface area contributed by atoms with E-state index in [1.54, 1.807) is 20.9 Å². The van der Waals surface area contributed by atoms with E-state index in [0.717, 1.165) is 12.1 Å². The van der Waals surface area contributed by atoms with Gasteiger partial charge in [0.1, 0.15) is 5.56 Å². The first-order chi connectivity index (χ1) is 10.4. The van der Waals surface area contributed by atoms with Crippen molar-refractivity contribution in [3.63, 3.8) is 0 Å². The molecule has 0 saturated heterocycles. The molecule has 2 rings (SSSR count). The number of hydrogen-bond donors (Lipinski definition) is 1. The van der Waals surface area contributed by atoms with Crippen molar-refractivity contribution in [1.82, 2.24) is 14.7 Å². The van der Waals surface area contributed by atoms with Crippen molar-refractivity contribution < 1.29 is 13.6 Å². The van der Waals surface area contributed by atoms with Crippen LogP contribution in [0.5, 0.6) is 0 Å². The Morgan fingerprint density at radius 3 is 2.55 bits per heavy atom. The number of hydrogen-bond acceptors (Lipinski definition) is 2. The summed E-state index contributed by atoms with van der Waals surface area (Å²) in [4.78, 5) is 24.4. The summed E-state index contributed by atoms with van der Waals surface area (Å²) in [5.74, 6) is -2.35. The van der Waals surface area contributed by atoms with Crippen LogP contribution in [-0.2, 0) is 13.6 Å². The van der Waals surface area contributed by atoms with Gasteiger partial charge in [-0.1, -0.05) is 6.07 Å². The maximum absolute atomic E-state index is 13.3. The fourth-order valence-corrected chi connectivity index (χ4v) is 2.26. The largest absolute Gasteiger partial charge is 0.352 e. The summed E-state index contributed by atoms with van der Waals surface area (Å²) >= 11 is 0. The van der Waals surface area contributed by atoms with Crippen LogP contribution in [-0.4, -0.2) is 21.8 Å². The molecule has 0 aliphatic carbocycles. The van der Waals surface area contributed by atoms with Gasteiger partial charge in [0, 0.05) is 19.3 Å². The molecule has 2 aromatic rings. The highest BCUT2D eigenvalue weighted by Crippen LogP contribution is 2.11. The summed E-state index contributed by atoms with van der Waals surface area (Å²) in [7, 11) is 1.64. The maximum Gasteiger partial charge on any atom is 0.280 e. The molecule has 0 saturated carbocycles. The third-order valence-corrected chi connectivity index (χ3v) is 3.54. The van der Waals surface area contributed by atoms with Crippen LogP contribution >= 0.6 is 0 Å². The van der Waals surface area contributed by atoms with Crippen molar-refractivity contribution in [1.29, 1.82) is 0 Å². The lowest BCUT2D eigenvalue weighted by molar-refractivity contribution is 0.0954. The third-order valence-electron chi connectivity index (χ3n) is 3.54. The molecule has 0 radical (unpaired) electrons. The zero-order valence-corrected chi connectivity index (χ0v) is 12.6. The number of aromatic nitrogens is 2. The molecule has 0 atom stereocenters. The summed E-state index contributed by atoms with van der Waals surface area (Å²) < 4.78 is 29.1. The van der Waals surface area contributed by atoms with Gasteiger partial charge in [-0.15, -0.1) is 0 Å². The topological polar surface area (TPSA) is 56.0 Å². The van der Waals surface area contributed by atoms with Crippen molar-refractivity contribution in [2.75, 3.05) is 6.54 Å². The average molecular weight is 309 g/mol. The first-order valence-electron chi connectivity index (χ1n) is 6.85. The zero-order chi connectivity index (χ0) is 16.4. The average Bonchev–Trinajstić information content (AvgIpc) is 2.67. The number of carbonyl (C=O) groups is 1. The summed E-state index contributed by atoms with van der Waals surface area (Å²) in [5, 5.41) is 2.59. The van der Waals surface area contributed by atoms with Crippen molar-refractivity contribution in [3.8, 4) is 0 Å². The molecule has 0 unspecified atom stereocenters. The standard InChI is InChI=1S/C15H17F2N3O2/c1-4-18-14(21)13-9(2)19(3)20(15(13)22)8-10-5-6-11(16)12(17)7-10/h5-7H,4,8H2,1-3H3,(H,18,21). The fraction of sp³-hybridized carbons (Fsp3) is 0.333. The SMILES string of the molecule is CCNC(=O)c1c(C)n(C)n(Cc2ccc(F)c(F)c2)c1=O. The Labute approximate surface area is 126 Å². The van der Waals surface area contributed by atoms with Crippen molar-refractivity contribution >= 4 is 5.91 Å².